The van der Waals surface area contributed by atoms with Crippen LogP contribution in [0.2, 0.25) is 0 Å². The molecule has 0 N–H and O–H groups in total. The van der Waals surface area contributed by atoms with Gasteiger partial charge in [0.05, 0.1) is 7.11 Å². The summed E-state index contributed by atoms with van der Waals surface area (Å²) in [6.07, 6.45) is 2.55. The molecule has 2 atom stereocenters. The van der Waals surface area contributed by atoms with Gasteiger partial charge in [-0.3, -0.25) is 0 Å². The third kappa shape index (κ3) is 2.78. The first-order valence-corrected chi connectivity index (χ1v) is 6.25. The average molecular weight is 220 g/mol. The molecule has 0 unspecified atom stereocenters. The molecule has 0 saturated heterocycles. The smallest absolute Gasteiger partial charge is 0.122 e. The van der Waals surface area contributed by atoms with Crippen molar-refractivity contribution in [3.63, 3.8) is 0 Å². The number of ether oxygens (including phenoxy) is 1. The molecule has 0 fully saturated rings. The van der Waals surface area contributed by atoms with Gasteiger partial charge < -0.3 is 4.74 Å². The van der Waals surface area contributed by atoms with Gasteiger partial charge in [-0.2, -0.15) is 0 Å². The van der Waals surface area contributed by atoms with E-state index in [2.05, 4.69) is 39.8 Å². The quantitative estimate of drug-likeness (QED) is 0.707. The fourth-order valence-electron chi connectivity index (χ4n) is 2.36. The van der Waals surface area contributed by atoms with Crippen molar-refractivity contribution < 1.29 is 4.74 Å². The molecule has 1 aromatic rings. The highest BCUT2D eigenvalue weighted by atomic mass is 16.5. The van der Waals surface area contributed by atoms with Crippen LogP contribution in [0.15, 0.2) is 18.2 Å². The highest BCUT2D eigenvalue weighted by Crippen LogP contribution is 2.33. The van der Waals surface area contributed by atoms with Crippen molar-refractivity contribution in [2.24, 2.45) is 5.92 Å². The molecule has 16 heavy (non-hydrogen) atoms. The molecule has 1 nitrogen and oxygen atoms in total. The highest BCUT2D eigenvalue weighted by Gasteiger charge is 2.16. The molecule has 1 heteroatoms. The predicted molar refractivity (Wildman–Crippen MR) is 70.2 cm³/mol. The Labute approximate surface area is 99.8 Å². The Bertz CT molecular complexity index is 330. The van der Waals surface area contributed by atoms with Crippen LogP contribution in [0, 0.1) is 12.8 Å². The molecule has 0 aliphatic carbocycles. The summed E-state index contributed by atoms with van der Waals surface area (Å²) in [5, 5.41) is 0. The summed E-state index contributed by atoms with van der Waals surface area (Å²) in [7, 11) is 1.74. The van der Waals surface area contributed by atoms with Crippen LogP contribution in [0.4, 0.5) is 0 Å². The second-order valence-electron chi connectivity index (χ2n) is 4.73. The number of methoxy groups -OCH3 is 1. The summed E-state index contributed by atoms with van der Waals surface area (Å²) in [6.45, 7) is 9.07. The second-order valence-corrected chi connectivity index (χ2v) is 4.73. The minimum absolute atomic E-state index is 0.607. The van der Waals surface area contributed by atoms with Gasteiger partial charge in [-0.15, -0.1) is 0 Å². The Hall–Kier alpha value is -0.980. The van der Waals surface area contributed by atoms with Crippen molar-refractivity contribution >= 4 is 0 Å². The van der Waals surface area contributed by atoms with E-state index in [1.165, 1.54) is 24.0 Å². The Kier molecular flexibility index (Phi) is 4.85. The summed E-state index contributed by atoms with van der Waals surface area (Å²) in [4.78, 5) is 0. The van der Waals surface area contributed by atoms with Crippen LogP contribution < -0.4 is 4.74 Å². The van der Waals surface area contributed by atoms with Crippen molar-refractivity contribution in [3.8, 4) is 5.75 Å². The number of benzene rings is 1. The zero-order chi connectivity index (χ0) is 12.1. The molecule has 1 rings (SSSR count). The number of hydrogen-bond acceptors (Lipinski definition) is 1. The summed E-state index contributed by atoms with van der Waals surface area (Å²) in [6, 6.07) is 6.36. The average Bonchev–Trinajstić information content (AvgIpc) is 2.29. The van der Waals surface area contributed by atoms with E-state index in [0.717, 1.165) is 11.7 Å². The van der Waals surface area contributed by atoms with Crippen molar-refractivity contribution in [2.75, 3.05) is 7.11 Å². The molecule has 0 spiro atoms. The standard InChI is InChI=1S/C15H24O/c1-6-8-11(2)12(3)14-9-7-10-15(16-5)13(14)4/h7,9-12H,6,8H2,1-5H3/t11-,12+/m0/s1. The molecule has 0 amide bonds. The molecule has 0 heterocycles. The SMILES string of the molecule is CCC[C@H](C)[C@@H](C)c1cccc(OC)c1C. The maximum absolute atomic E-state index is 5.38. The monoisotopic (exact) mass is 220 g/mol. The van der Waals surface area contributed by atoms with E-state index in [1.807, 2.05) is 6.07 Å². The molecule has 90 valence electrons. The third-order valence-corrected chi connectivity index (χ3v) is 3.63. The van der Waals surface area contributed by atoms with Crippen LogP contribution in [0.1, 0.15) is 50.7 Å². The lowest BCUT2D eigenvalue weighted by atomic mass is 9.84. The van der Waals surface area contributed by atoms with Crippen molar-refractivity contribution in [3.05, 3.63) is 29.3 Å². The zero-order valence-electron chi connectivity index (χ0n) is 11.2. The molecule has 0 aliphatic rings. The minimum Gasteiger partial charge on any atom is -0.496 e. The van der Waals surface area contributed by atoms with Gasteiger partial charge in [0.1, 0.15) is 5.75 Å². The minimum atomic E-state index is 0.607. The molecule has 0 bridgehead atoms. The lowest BCUT2D eigenvalue weighted by Gasteiger charge is -2.22. The number of hydrogen-bond donors (Lipinski definition) is 0. The highest BCUT2D eigenvalue weighted by molar-refractivity contribution is 5.40. The largest absolute Gasteiger partial charge is 0.496 e. The van der Waals surface area contributed by atoms with Gasteiger partial charge in [-0.1, -0.05) is 45.7 Å². The Morgan fingerprint density at radius 3 is 2.50 bits per heavy atom. The molecular weight excluding hydrogens is 196 g/mol. The van der Waals surface area contributed by atoms with Gasteiger partial charge in [-0.05, 0) is 36.0 Å². The zero-order valence-corrected chi connectivity index (χ0v) is 11.2. The van der Waals surface area contributed by atoms with Crippen molar-refractivity contribution in [1.29, 1.82) is 0 Å². The molecular formula is C15H24O. The van der Waals surface area contributed by atoms with Gasteiger partial charge in [0.2, 0.25) is 0 Å². The second kappa shape index (κ2) is 5.93. The van der Waals surface area contributed by atoms with E-state index in [0.29, 0.717) is 5.92 Å². The van der Waals surface area contributed by atoms with Gasteiger partial charge in [0, 0.05) is 0 Å². The summed E-state index contributed by atoms with van der Waals surface area (Å²) < 4.78 is 5.38. The topological polar surface area (TPSA) is 9.23 Å². The van der Waals surface area contributed by atoms with E-state index in [1.54, 1.807) is 7.11 Å². The van der Waals surface area contributed by atoms with Gasteiger partial charge >= 0.3 is 0 Å². The normalized spacial score (nSPS) is 14.6. The molecule has 0 aliphatic heterocycles. The maximum Gasteiger partial charge on any atom is 0.122 e. The van der Waals surface area contributed by atoms with Crippen molar-refractivity contribution in [1.82, 2.24) is 0 Å². The molecule has 0 aromatic heterocycles. The van der Waals surface area contributed by atoms with Crippen LogP contribution >= 0.6 is 0 Å². The van der Waals surface area contributed by atoms with E-state index in [-0.39, 0.29) is 0 Å². The van der Waals surface area contributed by atoms with E-state index in [4.69, 9.17) is 4.74 Å². The fraction of sp³-hybridized carbons (Fsp3) is 0.600. The maximum atomic E-state index is 5.38. The van der Waals surface area contributed by atoms with Crippen LogP contribution in [-0.4, -0.2) is 7.11 Å². The van der Waals surface area contributed by atoms with Gasteiger partial charge in [0.15, 0.2) is 0 Å². The molecule has 0 saturated carbocycles. The van der Waals surface area contributed by atoms with Gasteiger partial charge in [0.25, 0.3) is 0 Å². The Morgan fingerprint density at radius 1 is 1.25 bits per heavy atom. The van der Waals surface area contributed by atoms with Crippen LogP contribution in [0.25, 0.3) is 0 Å². The van der Waals surface area contributed by atoms with E-state index >= 15 is 0 Å². The summed E-state index contributed by atoms with van der Waals surface area (Å²) >= 11 is 0. The summed E-state index contributed by atoms with van der Waals surface area (Å²) in [5.41, 5.74) is 2.72. The van der Waals surface area contributed by atoms with Crippen LogP contribution in [0.5, 0.6) is 5.75 Å². The van der Waals surface area contributed by atoms with E-state index in [9.17, 15) is 0 Å². The first kappa shape index (κ1) is 13.1. The fourth-order valence-corrected chi connectivity index (χ4v) is 2.36. The lowest BCUT2D eigenvalue weighted by molar-refractivity contribution is 0.406. The lowest BCUT2D eigenvalue weighted by Crippen LogP contribution is -2.08. The Balaban J connectivity index is 2.94. The molecule has 1 aromatic carbocycles. The van der Waals surface area contributed by atoms with Crippen LogP contribution in [-0.2, 0) is 0 Å². The van der Waals surface area contributed by atoms with Gasteiger partial charge in [-0.25, -0.2) is 0 Å². The van der Waals surface area contributed by atoms with Crippen LogP contribution in [0.3, 0.4) is 0 Å². The number of rotatable bonds is 5. The first-order valence-electron chi connectivity index (χ1n) is 6.25. The summed E-state index contributed by atoms with van der Waals surface area (Å²) in [5.74, 6) is 2.35. The van der Waals surface area contributed by atoms with Crippen molar-refractivity contribution in [2.45, 2.75) is 46.5 Å². The first-order chi connectivity index (χ1) is 7.61. The third-order valence-electron chi connectivity index (χ3n) is 3.63. The van der Waals surface area contributed by atoms with E-state index < -0.39 is 0 Å². The predicted octanol–water partition coefficient (Wildman–Crippen LogP) is 4.54. The Morgan fingerprint density at radius 2 is 1.94 bits per heavy atom. The molecule has 0 radical (unpaired) electrons.